The molecule has 1 aliphatic heterocycles. The highest BCUT2D eigenvalue weighted by Crippen LogP contribution is 2.23. The zero-order chi connectivity index (χ0) is 18.3. The van der Waals surface area contributed by atoms with E-state index in [2.05, 4.69) is 11.1 Å². The molecule has 1 amide bonds. The predicted molar refractivity (Wildman–Crippen MR) is 94.3 cm³/mol. The maximum atomic E-state index is 12.4. The summed E-state index contributed by atoms with van der Waals surface area (Å²) < 4.78 is 11.1. The van der Waals surface area contributed by atoms with Gasteiger partial charge < -0.3 is 14.4 Å². The van der Waals surface area contributed by atoms with Gasteiger partial charge in [-0.2, -0.15) is 5.26 Å². The summed E-state index contributed by atoms with van der Waals surface area (Å²) in [7, 11) is 0. The second-order valence-corrected chi connectivity index (χ2v) is 7.31. The van der Waals surface area contributed by atoms with Crippen LogP contribution in [0.2, 0.25) is 0 Å². The highest BCUT2D eigenvalue weighted by atomic mass is 16.6. The molecule has 1 aliphatic rings. The summed E-state index contributed by atoms with van der Waals surface area (Å²) in [6.07, 6.45) is 6.20. The number of piperidine rings is 1. The van der Waals surface area contributed by atoms with Gasteiger partial charge in [-0.3, -0.25) is 0 Å². The number of nitrogens with zero attached hydrogens (tertiary/aromatic N) is 3. The van der Waals surface area contributed by atoms with Crippen LogP contribution in [-0.4, -0.2) is 40.8 Å². The number of ether oxygens (including phenoxy) is 2. The van der Waals surface area contributed by atoms with Gasteiger partial charge in [0.05, 0.1) is 18.2 Å². The van der Waals surface area contributed by atoms with Crippen molar-refractivity contribution in [1.82, 2.24) is 9.88 Å². The molecular weight excluding hydrogens is 318 g/mol. The molecule has 1 saturated heterocycles. The lowest BCUT2D eigenvalue weighted by Crippen LogP contribution is -2.46. The first kappa shape index (κ1) is 19.0. The number of aromatic nitrogens is 1. The fraction of sp³-hybridized carbons (Fsp3) is 0.632. The summed E-state index contributed by atoms with van der Waals surface area (Å²) in [6.45, 7) is 6.94. The Kier molecular flexibility index (Phi) is 6.63. The molecule has 2 rings (SSSR count). The van der Waals surface area contributed by atoms with Crippen molar-refractivity contribution in [2.45, 2.75) is 64.5 Å². The fourth-order valence-electron chi connectivity index (χ4n) is 2.92. The van der Waals surface area contributed by atoms with Gasteiger partial charge in [-0.25, -0.2) is 9.78 Å². The van der Waals surface area contributed by atoms with Gasteiger partial charge in [-0.1, -0.05) is 0 Å². The average molecular weight is 345 g/mol. The Morgan fingerprint density at radius 2 is 2.24 bits per heavy atom. The van der Waals surface area contributed by atoms with E-state index >= 15 is 0 Å². The van der Waals surface area contributed by atoms with Crippen LogP contribution in [0.25, 0.3) is 0 Å². The van der Waals surface area contributed by atoms with Gasteiger partial charge in [0.15, 0.2) is 0 Å². The van der Waals surface area contributed by atoms with Crippen LogP contribution < -0.4 is 4.74 Å². The Balaban J connectivity index is 1.81. The number of pyridine rings is 1. The van der Waals surface area contributed by atoms with Crippen molar-refractivity contribution in [1.29, 1.82) is 5.26 Å². The smallest absolute Gasteiger partial charge is 0.410 e. The van der Waals surface area contributed by atoms with E-state index in [0.717, 1.165) is 38.6 Å². The first-order valence-corrected chi connectivity index (χ1v) is 8.87. The molecule has 1 atom stereocenters. The summed E-state index contributed by atoms with van der Waals surface area (Å²) >= 11 is 0. The maximum absolute atomic E-state index is 12.4. The number of hydrogen-bond donors (Lipinski definition) is 0. The first-order chi connectivity index (χ1) is 11.9. The van der Waals surface area contributed by atoms with Crippen LogP contribution in [0.4, 0.5) is 4.79 Å². The van der Waals surface area contributed by atoms with Gasteiger partial charge in [-0.05, 0) is 58.9 Å². The molecule has 6 nitrogen and oxygen atoms in total. The number of rotatable bonds is 5. The minimum absolute atomic E-state index is 0.200. The molecule has 1 fully saturated rings. The Labute approximate surface area is 149 Å². The summed E-state index contributed by atoms with van der Waals surface area (Å²) in [6, 6.07) is 5.55. The lowest BCUT2D eigenvalue weighted by Gasteiger charge is -2.36. The van der Waals surface area contributed by atoms with Crippen LogP contribution in [0.3, 0.4) is 0 Å². The molecule has 1 aromatic rings. The van der Waals surface area contributed by atoms with Crippen LogP contribution in [0.5, 0.6) is 5.88 Å². The standard InChI is InChI=1S/C19H27N3O3/c1-19(2,3)25-18(23)22-11-5-4-7-16(22)8-6-12-24-17-13-15(14-20)9-10-21-17/h9-10,13,16H,4-8,11-12H2,1-3H3/t16-/m0/s1. The molecule has 0 saturated carbocycles. The molecule has 1 aromatic heterocycles. The SMILES string of the molecule is CC(C)(C)OC(=O)N1CCCC[C@H]1CCCOc1cc(C#N)ccn1. The zero-order valence-corrected chi connectivity index (χ0v) is 15.3. The topological polar surface area (TPSA) is 75.4 Å². The molecular formula is C19H27N3O3. The second-order valence-electron chi connectivity index (χ2n) is 7.31. The van der Waals surface area contributed by atoms with Gasteiger partial charge in [0.2, 0.25) is 5.88 Å². The number of carbonyl (C=O) groups is 1. The van der Waals surface area contributed by atoms with E-state index < -0.39 is 5.60 Å². The summed E-state index contributed by atoms with van der Waals surface area (Å²) in [5.74, 6) is 0.465. The lowest BCUT2D eigenvalue weighted by molar-refractivity contribution is 0.00822. The third-order valence-electron chi connectivity index (χ3n) is 4.05. The van der Waals surface area contributed by atoms with Gasteiger partial charge in [-0.15, -0.1) is 0 Å². The van der Waals surface area contributed by atoms with Crippen molar-refractivity contribution in [2.24, 2.45) is 0 Å². The molecule has 0 N–H and O–H groups in total. The molecule has 0 bridgehead atoms. The normalized spacial score (nSPS) is 17.7. The van der Waals surface area contributed by atoms with E-state index in [4.69, 9.17) is 14.7 Å². The molecule has 0 aliphatic carbocycles. The second kappa shape index (κ2) is 8.70. The van der Waals surface area contributed by atoms with E-state index in [1.54, 1.807) is 18.3 Å². The van der Waals surface area contributed by atoms with Crippen molar-refractivity contribution >= 4 is 6.09 Å². The Bertz CT molecular complexity index is 619. The monoisotopic (exact) mass is 345 g/mol. The van der Waals surface area contributed by atoms with Gasteiger partial charge >= 0.3 is 6.09 Å². The lowest BCUT2D eigenvalue weighted by atomic mass is 9.98. The van der Waals surface area contributed by atoms with Crippen molar-refractivity contribution in [3.63, 3.8) is 0 Å². The number of hydrogen-bond acceptors (Lipinski definition) is 5. The number of nitriles is 1. The largest absolute Gasteiger partial charge is 0.478 e. The van der Waals surface area contributed by atoms with E-state index in [0.29, 0.717) is 18.1 Å². The number of carbonyl (C=O) groups excluding carboxylic acids is 1. The van der Waals surface area contributed by atoms with Crippen molar-refractivity contribution in [2.75, 3.05) is 13.2 Å². The molecule has 136 valence electrons. The van der Waals surface area contributed by atoms with Crippen LogP contribution in [0, 0.1) is 11.3 Å². The predicted octanol–water partition coefficient (Wildman–Crippen LogP) is 3.90. The van der Waals surface area contributed by atoms with Crippen LogP contribution >= 0.6 is 0 Å². The Hall–Kier alpha value is -2.29. The number of amides is 1. The van der Waals surface area contributed by atoms with Crippen LogP contribution in [0.1, 0.15) is 58.4 Å². The first-order valence-electron chi connectivity index (χ1n) is 8.87. The summed E-state index contributed by atoms with van der Waals surface area (Å²) in [4.78, 5) is 18.3. The van der Waals surface area contributed by atoms with Crippen LogP contribution in [-0.2, 0) is 4.74 Å². The highest BCUT2D eigenvalue weighted by molar-refractivity contribution is 5.68. The van der Waals surface area contributed by atoms with Crippen molar-refractivity contribution in [3.8, 4) is 11.9 Å². The molecule has 0 unspecified atom stereocenters. The number of likely N-dealkylation sites (tertiary alicyclic amines) is 1. The molecule has 6 heteroatoms. The molecule has 25 heavy (non-hydrogen) atoms. The third-order valence-corrected chi connectivity index (χ3v) is 4.05. The van der Waals surface area contributed by atoms with E-state index in [9.17, 15) is 4.79 Å². The van der Waals surface area contributed by atoms with Gasteiger partial charge in [0, 0.05) is 24.8 Å². The zero-order valence-electron chi connectivity index (χ0n) is 15.3. The maximum Gasteiger partial charge on any atom is 0.410 e. The van der Waals surface area contributed by atoms with E-state index in [1.807, 2.05) is 25.7 Å². The minimum atomic E-state index is -0.473. The molecule has 0 radical (unpaired) electrons. The van der Waals surface area contributed by atoms with Gasteiger partial charge in [0.25, 0.3) is 0 Å². The van der Waals surface area contributed by atoms with E-state index in [-0.39, 0.29) is 12.1 Å². The highest BCUT2D eigenvalue weighted by Gasteiger charge is 2.30. The van der Waals surface area contributed by atoms with Gasteiger partial charge in [0.1, 0.15) is 5.60 Å². The molecule has 2 heterocycles. The average Bonchev–Trinajstić information content (AvgIpc) is 2.58. The van der Waals surface area contributed by atoms with Crippen LogP contribution in [0.15, 0.2) is 18.3 Å². The Morgan fingerprint density at radius 3 is 2.96 bits per heavy atom. The minimum Gasteiger partial charge on any atom is -0.478 e. The molecule has 0 aromatic carbocycles. The summed E-state index contributed by atoms with van der Waals surface area (Å²) in [5.41, 5.74) is 0.0629. The quantitative estimate of drug-likeness (QED) is 0.757. The van der Waals surface area contributed by atoms with Crippen molar-refractivity contribution in [3.05, 3.63) is 23.9 Å². The summed E-state index contributed by atoms with van der Waals surface area (Å²) in [5, 5.41) is 8.88. The van der Waals surface area contributed by atoms with Crippen molar-refractivity contribution < 1.29 is 14.3 Å². The Morgan fingerprint density at radius 1 is 1.44 bits per heavy atom. The molecule has 0 spiro atoms. The van der Waals surface area contributed by atoms with E-state index in [1.165, 1.54) is 0 Å². The third kappa shape index (κ3) is 6.26. The fourth-order valence-corrected chi connectivity index (χ4v) is 2.92.